The first kappa shape index (κ1) is 13.2. The lowest BCUT2D eigenvalue weighted by Crippen LogP contribution is -2.40. The molecule has 106 valence electrons. The van der Waals surface area contributed by atoms with E-state index < -0.39 is 0 Å². The molecule has 2 bridgehead atoms. The van der Waals surface area contributed by atoms with E-state index in [-0.39, 0.29) is 12.5 Å². The Bertz CT molecular complexity index is 550. The zero-order chi connectivity index (χ0) is 14.1. The number of benzene rings is 1. The summed E-state index contributed by atoms with van der Waals surface area (Å²) in [5.41, 5.74) is 2.41. The number of amides is 1. The molecule has 1 aromatic rings. The van der Waals surface area contributed by atoms with Crippen molar-refractivity contribution in [2.75, 3.05) is 6.61 Å². The summed E-state index contributed by atoms with van der Waals surface area (Å²) >= 11 is 0. The third kappa shape index (κ3) is 2.72. The number of ether oxygens (including phenoxy) is 1. The van der Waals surface area contributed by atoms with E-state index in [2.05, 4.69) is 24.4 Å². The molecule has 2 aliphatic rings. The van der Waals surface area contributed by atoms with Crippen molar-refractivity contribution in [3.8, 4) is 5.75 Å². The van der Waals surface area contributed by atoms with E-state index in [0.29, 0.717) is 17.9 Å². The van der Waals surface area contributed by atoms with Crippen LogP contribution >= 0.6 is 0 Å². The maximum Gasteiger partial charge on any atom is 0.258 e. The van der Waals surface area contributed by atoms with Gasteiger partial charge in [0.25, 0.3) is 5.91 Å². The van der Waals surface area contributed by atoms with Crippen molar-refractivity contribution < 1.29 is 9.53 Å². The summed E-state index contributed by atoms with van der Waals surface area (Å²) in [6.07, 6.45) is 6.79. The molecule has 0 radical (unpaired) electrons. The Kier molecular flexibility index (Phi) is 3.51. The van der Waals surface area contributed by atoms with Gasteiger partial charge in [-0.05, 0) is 61.8 Å². The number of fused-ring (bicyclic) bond motifs is 2. The van der Waals surface area contributed by atoms with Crippen molar-refractivity contribution in [1.29, 1.82) is 0 Å². The van der Waals surface area contributed by atoms with E-state index in [0.717, 1.165) is 12.2 Å². The first-order chi connectivity index (χ1) is 9.61. The number of hydrogen-bond donors (Lipinski definition) is 1. The molecule has 1 saturated carbocycles. The number of allylic oxidation sites excluding steroid dienone is 1. The summed E-state index contributed by atoms with van der Waals surface area (Å²) in [6.45, 7) is 4.21. The van der Waals surface area contributed by atoms with Crippen LogP contribution in [0.15, 0.2) is 30.4 Å². The second kappa shape index (κ2) is 5.31. The Balaban J connectivity index is 1.49. The molecular formula is C17H21NO2. The molecule has 0 saturated heterocycles. The lowest BCUT2D eigenvalue weighted by atomic mass is 10.0. The molecule has 3 nitrogen and oxygen atoms in total. The van der Waals surface area contributed by atoms with Crippen LogP contribution in [-0.2, 0) is 4.79 Å². The van der Waals surface area contributed by atoms with Gasteiger partial charge in [-0.1, -0.05) is 18.2 Å². The summed E-state index contributed by atoms with van der Waals surface area (Å²) in [7, 11) is 0. The van der Waals surface area contributed by atoms with Crippen LogP contribution in [0.1, 0.15) is 24.0 Å². The maximum absolute atomic E-state index is 11.9. The SMILES string of the molecule is Cc1ccc(OCC(=O)NC2CC3C=CC2C3)cc1C. The number of nitrogens with one attached hydrogen (secondary N) is 1. The van der Waals surface area contributed by atoms with Gasteiger partial charge in [0.15, 0.2) is 6.61 Å². The van der Waals surface area contributed by atoms with Crippen LogP contribution in [0.3, 0.4) is 0 Å². The lowest BCUT2D eigenvalue weighted by Gasteiger charge is -2.19. The smallest absolute Gasteiger partial charge is 0.258 e. The van der Waals surface area contributed by atoms with Gasteiger partial charge in [-0.15, -0.1) is 0 Å². The third-order valence-corrected chi connectivity index (χ3v) is 4.47. The molecule has 3 rings (SSSR count). The summed E-state index contributed by atoms with van der Waals surface area (Å²) in [5.74, 6) is 1.95. The summed E-state index contributed by atoms with van der Waals surface area (Å²) in [5, 5.41) is 3.09. The number of rotatable bonds is 4. The van der Waals surface area contributed by atoms with Crippen LogP contribution in [0.25, 0.3) is 0 Å². The van der Waals surface area contributed by atoms with Crippen LogP contribution in [-0.4, -0.2) is 18.6 Å². The quantitative estimate of drug-likeness (QED) is 0.855. The van der Waals surface area contributed by atoms with Gasteiger partial charge in [0, 0.05) is 6.04 Å². The molecule has 20 heavy (non-hydrogen) atoms. The maximum atomic E-state index is 11.9. The largest absolute Gasteiger partial charge is 0.484 e. The molecule has 0 aliphatic heterocycles. The minimum Gasteiger partial charge on any atom is -0.484 e. The minimum absolute atomic E-state index is 0.0193. The average Bonchev–Trinajstić information content (AvgIpc) is 3.02. The zero-order valence-electron chi connectivity index (χ0n) is 12.1. The molecule has 0 spiro atoms. The van der Waals surface area contributed by atoms with E-state index in [1.54, 1.807) is 0 Å². The molecule has 0 aromatic heterocycles. The molecule has 1 N–H and O–H groups in total. The molecule has 0 heterocycles. The van der Waals surface area contributed by atoms with E-state index >= 15 is 0 Å². The van der Waals surface area contributed by atoms with Gasteiger partial charge in [0.2, 0.25) is 0 Å². The average molecular weight is 271 g/mol. The molecule has 1 fully saturated rings. The monoisotopic (exact) mass is 271 g/mol. The summed E-state index contributed by atoms with van der Waals surface area (Å²) < 4.78 is 5.56. The molecule has 3 atom stereocenters. The van der Waals surface area contributed by atoms with Crippen molar-refractivity contribution >= 4 is 5.91 Å². The molecule has 2 aliphatic carbocycles. The Morgan fingerprint density at radius 1 is 1.25 bits per heavy atom. The normalized spacial score (nSPS) is 26.8. The lowest BCUT2D eigenvalue weighted by molar-refractivity contribution is -0.124. The van der Waals surface area contributed by atoms with Crippen LogP contribution in [0.2, 0.25) is 0 Å². The van der Waals surface area contributed by atoms with Crippen molar-refractivity contribution in [2.45, 2.75) is 32.7 Å². The third-order valence-electron chi connectivity index (χ3n) is 4.47. The second-order valence-corrected chi connectivity index (χ2v) is 5.99. The van der Waals surface area contributed by atoms with Gasteiger partial charge >= 0.3 is 0 Å². The van der Waals surface area contributed by atoms with E-state index in [9.17, 15) is 4.79 Å². The van der Waals surface area contributed by atoms with Crippen LogP contribution in [0.5, 0.6) is 5.75 Å². The van der Waals surface area contributed by atoms with Crippen molar-refractivity contribution in [3.05, 3.63) is 41.5 Å². The minimum atomic E-state index is -0.0193. The van der Waals surface area contributed by atoms with E-state index in [1.165, 1.54) is 17.5 Å². The van der Waals surface area contributed by atoms with Crippen molar-refractivity contribution in [1.82, 2.24) is 5.32 Å². The van der Waals surface area contributed by atoms with Gasteiger partial charge in [-0.25, -0.2) is 0 Å². The molecule has 1 aromatic carbocycles. The first-order valence-electron chi connectivity index (χ1n) is 7.29. The standard InChI is InChI=1S/C17H21NO2/c1-11-3-6-15(7-12(11)2)20-10-17(19)18-16-9-13-4-5-14(16)8-13/h3-7,13-14,16H,8-10H2,1-2H3,(H,18,19). The number of hydrogen-bond acceptors (Lipinski definition) is 2. The highest BCUT2D eigenvalue weighted by atomic mass is 16.5. The first-order valence-corrected chi connectivity index (χ1v) is 7.29. The van der Waals surface area contributed by atoms with E-state index in [4.69, 9.17) is 4.74 Å². The predicted octanol–water partition coefficient (Wildman–Crippen LogP) is 2.76. The molecule has 3 heteroatoms. The summed E-state index contributed by atoms with van der Waals surface area (Å²) in [4.78, 5) is 11.9. The Morgan fingerprint density at radius 3 is 2.75 bits per heavy atom. The number of carbonyl (C=O) groups excluding carboxylic acids is 1. The van der Waals surface area contributed by atoms with Crippen LogP contribution < -0.4 is 10.1 Å². The fraction of sp³-hybridized carbons (Fsp3) is 0.471. The van der Waals surface area contributed by atoms with Crippen LogP contribution in [0.4, 0.5) is 0 Å². The molecule has 1 amide bonds. The fourth-order valence-corrected chi connectivity index (χ4v) is 3.15. The van der Waals surface area contributed by atoms with Gasteiger partial charge in [-0.2, -0.15) is 0 Å². The van der Waals surface area contributed by atoms with Gasteiger partial charge in [0.05, 0.1) is 0 Å². The second-order valence-electron chi connectivity index (χ2n) is 5.99. The Hall–Kier alpha value is -1.77. The van der Waals surface area contributed by atoms with Crippen molar-refractivity contribution in [3.63, 3.8) is 0 Å². The Morgan fingerprint density at radius 2 is 2.10 bits per heavy atom. The molecular weight excluding hydrogens is 250 g/mol. The highest BCUT2D eigenvalue weighted by molar-refractivity contribution is 5.78. The summed E-state index contributed by atoms with van der Waals surface area (Å²) in [6, 6.07) is 6.21. The topological polar surface area (TPSA) is 38.3 Å². The van der Waals surface area contributed by atoms with Gasteiger partial charge in [-0.3, -0.25) is 4.79 Å². The highest BCUT2D eigenvalue weighted by Gasteiger charge is 2.36. The fourth-order valence-electron chi connectivity index (χ4n) is 3.15. The van der Waals surface area contributed by atoms with Gasteiger partial charge < -0.3 is 10.1 Å². The Labute approximate surface area is 120 Å². The molecule has 3 unspecified atom stereocenters. The zero-order valence-corrected chi connectivity index (χ0v) is 12.1. The highest BCUT2D eigenvalue weighted by Crippen LogP contribution is 2.38. The van der Waals surface area contributed by atoms with Crippen molar-refractivity contribution in [2.24, 2.45) is 11.8 Å². The van der Waals surface area contributed by atoms with Crippen LogP contribution in [0, 0.1) is 25.7 Å². The van der Waals surface area contributed by atoms with E-state index in [1.807, 2.05) is 25.1 Å². The number of carbonyl (C=O) groups is 1. The van der Waals surface area contributed by atoms with Gasteiger partial charge in [0.1, 0.15) is 5.75 Å². The number of aryl methyl sites for hydroxylation is 2. The predicted molar refractivity (Wildman–Crippen MR) is 78.7 cm³/mol.